The minimum absolute atomic E-state index is 0.0904. The number of aliphatic hydroxyl groups is 1. The lowest BCUT2D eigenvalue weighted by Crippen LogP contribution is -2.67. The maximum absolute atomic E-state index is 13.0. The minimum atomic E-state index is -1.96. The Morgan fingerprint density at radius 2 is 1.23 bits per heavy atom. The summed E-state index contributed by atoms with van der Waals surface area (Å²) in [4.78, 5) is 50.5. The SMILES string of the molecule is O=C(N[C@@H]1[C@@H](OC(=O)c2ccccc2)[C@H](OC(=O)c2ccccc2)[C@@H](C(=O)O)O[C@@H]1O)OCc1ccccc1. The first-order valence-electron chi connectivity index (χ1n) is 11.9. The van der Waals surface area contributed by atoms with E-state index in [0.29, 0.717) is 5.56 Å². The summed E-state index contributed by atoms with van der Waals surface area (Å²) >= 11 is 0. The van der Waals surface area contributed by atoms with Crippen molar-refractivity contribution >= 4 is 24.0 Å². The molecule has 1 heterocycles. The van der Waals surface area contributed by atoms with Crippen LogP contribution in [-0.2, 0) is 30.3 Å². The van der Waals surface area contributed by atoms with Crippen LogP contribution in [0.1, 0.15) is 26.3 Å². The first-order valence-corrected chi connectivity index (χ1v) is 11.9. The van der Waals surface area contributed by atoms with E-state index in [1.54, 1.807) is 66.7 Å². The number of aliphatic carboxylic acids is 1. The maximum atomic E-state index is 13.0. The molecular weight excluding hydrogens is 510 g/mol. The van der Waals surface area contributed by atoms with E-state index in [1.165, 1.54) is 24.3 Å². The Hall–Kier alpha value is -4.74. The van der Waals surface area contributed by atoms with Crippen LogP contribution < -0.4 is 5.32 Å². The van der Waals surface area contributed by atoms with Gasteiger partial charge in [0.25, 0.3) is 0 Å². The fourth-order valence-electron chi connectivity index (χ4n) is 3.91. The quantitative estimate of drug-likeness (QED) is 0.289. The summed E-state index contributed by atoms with van der Waals surface area (Å²) in [7, 11) is 0. The van der Waals surface area contributed by atoms with E-state index in [0.717, 1.165) is 0 Å². The van der Waals surface area contributed by atoms with Gasteiger partial charge < -0.3 is 34.5 Å². The molecular formula is C28H25NO10. The Bertz CT molecular complexity index is 1290. The molecule has 0 aliphatic carbocycles. The zero-order valence-electron chi connectivity index (χ0n) is 20.4. The zero-order valence-corrected chi connectivity index (χ0v) is 20.4. The summed E-state index contributed by atoms with van der Waals surface area (Å²) in [5.41, 5.74) is 0.873. The van der Waals surface area contributed by atoms with Crippen molar-refractivity contribution in [3.8, 4) is 0 Å². The number of carboxylic acids is 1. The number of benzene rings is 3. The minimum Gasteiger partial charge on any atom is -0.479 e. The van der Waals surface area contributed by atoms with Crippen molar-refractivity contribution in [2.24, 2.45) is 0 Å². The molecule has 3 N–H and O–H groups in total. The van der Waals surface area contributed by atoms with Crippen LogP contribution in [0.4, 0.5) is 4.79 Å². The van der Waals surface area contributed by atoms with Crippen molar-refractivity contribution in [3.63, 3.8) is 0 Å². The third-order valence-corrected chi connectivity index (χ3v) is 5.82. The van der Waals surface area contributed by atoms with Crippen LogP contribution in [-0.4, -0.2) is 64.9 Å². The lowest BCUT2D eigenvalue weighted by Gasteiger charge is -2.42. The highest BCUT2D eigenvalue weighted by molar-refractivity contribution is 5.91. The number of alkyl carbamates (subject to hydrolysis) is 1. The monoisotopic (exact) mass is 535 g/mol. The van der Waals surface area contributed by atoms with Crippen LogP contribution in [0.25, 0.3) is 0 Å². The van der Waals surface area contributed by atoms with Gasteiger partial charge in [0.05, 0.1) is 11.1 Å². The van der Waals surface area contributed by atoms with E-state index in [2.05, 4.69) is 5.32 Å². The first kappa shape index (κ1) is 27.3. The standard InChI is InChI=1S/C28H25NO10/c30-24(31)23-22(38-26(33)19-14-8-3-9-15-19)21(37-25(32)18-12-6-2-7-13-18)20(27(34)39-23)29-28(35)36-16-17-10-4-1-5-11-17/h1-15,20-23,27,34H,16H2,(H,29,35)(H,30,31)/t20-,21-,22+,23+,27+/m1/s1. The molecule has 0 spiro atoms. The van der Waals surface area contributed by atoms with E-state index < -0.39 is 54.6 Å². The highest BCUT2D eigenvalue weighted by Gasteiger charge is 2.53. The molecule has 4 rings (SSSR count). The molecule has 0 bridgehead atoms. The average Bonchev–Trinajstić information content (AvgIpc) is 2.96. The van der Waals surface area contributed by atoms with Crippen molar-refractivity contribution in [1.29, 1.82) is 0 Å². The lowest BCUT2D eigenvalue weighted by atomic mass is 9.95. The average molecular weight is 536 g/mol. The van der Waals surface area contributed by atoms with Crippen molar-refractivity contribution in [3.05, 3.63) is 108 Å². The molecule has 5 atom stereocenters. The van der Waals surface area contributed by atoms with Crippen molar-refractivity contribution in [2.45, 2.75) is 37.3 Å². The van der Waals surface area contributed by atoms with E-state index in [-0.39, 0.29) is 17.7 Å². The number of carboxylic acid groups (broad SMARTS) is 1. The number of aliphatic hydroxyl groups excluding tert-OH is 1. The topological polar surface area (TPSA) is 158 Å². The van der Waals surface area contributed by atoms with Gasteiger partial charge in [0, 0.05) is 0 Å². The number of carbonyl (C=O) groups excluding carboxylic acids is 3. The molecule has 0 aromatic heterocycles. The second-order valence-electron chi connectivity index (χ2n) is 8.49. The van der Waals surface area contributed by atoms with Gasteiger partial charge in [0.15, 0.2) is 24.6 Å². The van der Waals surface area contributed by atoms with Gasteiger partial charge in [0.1, 0.15) is 12.6 Å². The van der Waals surface area contributed by atoms with Crippen LogP contribution in [0.3, 0.4) is 0 Å². The molecule has 0 unspecified atom stereocenters. The van der Waals surface area contributed by atoms with Crippen LogP contribution in [0, 0.1) is 0 Å². The normalized spacial score (nSPS) is 22.2. The number of esters is 2. The highest BCUT2D eigenvalue weighted by Crippen LogP contribution is 2.27. The Kier molecular flexibility index (Phi) is 8.87. The van der Waals surface area contributed by atoms with Crippen LogP contribution in [0.15, 0.2) is 91.0 Å². The van der Waals surface area contributed by atoms with Crippen molar-refractivity contribution < 1.29 is 48.3 Å². The number of rotatable bonds is 8. The summed E-state index contributed by atoms with van der Waals surface area (Å²) < 4.78 is 21.4. The van der Waals surface area contributed by atoms with Gasteiger partial charge in [-0.2, -0.15) is 0 Å². The Morgan fingerprint density at radius 1 is 0.744 bits per heavy atom. The van der Waals surface area contributed by atoms with E-state index in [4.69, 9.17) is 18.9 Å². The van der Waals surface area contributed by atoms with Gasteiger partial charge in [-0.3, -0.25) is 0 Å². The van der Waals surface area contributed by atoms with Crippen LogP contribution >= 0.6 is 0 Å². The summed E-state index contributed by atoms with van der Waals surface area (Å²) in [5, 5.41) is 22.8. The summed E-state index contributed by atoms with van der Waals surface area (Å²) in [6.45, 7) is -0.116. The molecule has 1 aliphatic heterocycles. The van der Waals surface area contributed by atoms with Gasteiger partial charge in [-0.05, 0) is 29.8 Å². The predicted octanol–water partition coefficient (Wildman–Crippen LogP) is 2.53. The molecule has 39 heavy (non-hydrogen) atoms. The van der Waals surface area contributed by atoms with Gasteiger partial charge in [0.2, 0.25) is 0 Å². The number of carbonyl (C=O) groups is 4. The fraction of sp³-hybridized carbons (Fsp3) is 0.214. The number of hydrogen-bond acceptors (Lipinski definition) is 9. The molecule has 1 saturated heterocycles. The van der Waals surface area contributed by atoms with Gasteiger partial charge in [-0.25, -0.2) is 19.2 Å². The predicted molar refractivity (Wildman–Crippen MR) is 133 cm³/mol. The Morgan fingerprint density at radius 3 is 1.74 bits per heavy atom. The second kappa shape index (κ2) is 12.7. The smallest absolute Gasteiger partial charge is 0.407 e. The summed E-state index contributed by atoms with van der Waals surface area (Å²) in [6.07, 6.45) is -8.35. The van der Waals surface area contributed by atoms with Gasteiger partial charge in [-0.1, -0.05) is 66.7 Å². The fourth-order valence-corrected chi connectivity index (χ4v) is 3.91. The van der Waals surface area contributed by atoms with Crippen LogP contribution in [0.2, 0.25) is 0 Å². The molecule has 11 nitrogen and oxygen atoms in total. The molecule has 11 heteroatoms. The van der Waals surface area contributed by atoms with Gasteiger partial charge >= 0.3 is 24.0 Å². The molecule has 1 fully saturated rings. The third-order valence-electron chi connectivity index (χ3n) is 5.82. The van der Waals surface area contributed by atoms with Crippen LogP contribution in [0.5, 0.6) is 0 Å². The highest BCUT2D eigenvalue weighted by atomic mass is 16.7. The van der Waals surface area contributed by atoms with Crippen molar-refractivity contribution in [1.82, 2.24) is 5.32 Å². The maximum Gasteiger partial charge on any atom is 0.407 e. The molecule has 202 valence electrons. The zero-order chi connectivity index (χ0) is 27.8. The van der Waals surface area contributed by atoms with E-state index in [1.807, 2.05) is 0 Å². The molecule has 3 aromatic rings. The van der Waals surface area contributed by atoms with E-state index in [9.17, 15) is 29.4 Å². The largest absolute Gasteiger partial charge is 0.479 e. The first-order chi connectivity index (χ1) is 18.8. The Balaban J connectivity index is 1.61. The van der Waals surface area contributed by atoms with E-state index >= 15 is 0 Å². The molecule has 0 saturated carbocycles. The molecule has 3 aromatic carbocycles. The molecule has 0 radical (unpaired) electrons. The Labute approximate surface area is 222 Å². The third kappa shape index (κ3) is 6.98. The van der Waals surface area contributed by atoms with Gasteiger partial charge in [-0.15, -0.1) is 0 Å². The molecule has 1 aliphatic rings. The summed E-state index contributed by atoms with van der Waals surface area (Å²) in [6, 6.07) is 22.6. The lowest BCUT2D eigenvalue weighted by molar-refractivity contribution is -0.247. The summed E-state index contributed by atoms with van der Waals surface area (Å²) in [5.74, 6) is -3.44. The number of amides is 1. The number of nitrogens with one attached hydrogen (secondary N) is 1. The second-order valence-corrected chi connectivity index (χ2v) is 8.49. The number of ether oxygens (including phenoxy) is 4. The molecule has 1 amide bonds. The number of hydrogen-bond donors (Lipinski definition) is 3. The van der Waals surface area contributed by atoms with Crippen molar-refractivity contribution in [2.75, 3.05) is 0 Å².